The average molecular weight is 136 g/mol. The van der Waals surface area contributed by atoms with Crippen molar-refractivity contribution in [2.45, 2.75) is 0 Å². The van der Waals surface area contributed by atoms with Crippen molar-refractivity contribution < 1.29 is 4.73 Å². The van der Waals surface area contributed by atoms with E-state index in [1.165, 1.54) is 12.5 Å². The number of H-pyrrole nitrogens is 1. The summed E-state index contributed by atoms with van der Waals surface area (Å²) in [5.74, 6) is 0. The predicted octanol–water partition coefficient (Wildman–Crippen LogP) is -0.409. The van der Waals surface area contributed by atoms with Gasteiger partial charge in [0.1, 0.15) is 11.6 Å². The highest BCUT2D eigenvalue weighted by atomic mass is 16.5. The fourth-order valence-corrected chi connectivity index (χ4v) is 0.772. The molecule has 0 unspecified atom stereocenters. The van der Waals surface area contributed by atoms with Crippen LogP contribution in [-0.2, 0) is 0 Å². The van der Waals surface area contributed by atoms with Gasteiger partial charge in [-0.15, -0.1) is 0 Å². The zero-order valence-electron chi connectivity index (χ0n) is 4.98. The number of hydrogen-bond donors (Lipinski definition) is 1. The van der Waals surface area contributed by atoms with Crippen molar-refractivity contribution in [1.29, 1.82) is 0 Å². The molecule has 0 saturated heterocycles. The van der Waals surface area contributed by atoms with E-state index in [0.717, 1.165) is 5.39 Å². The van der Waals surface area contributed by atoms with E-state index in [2.05, 4.69) is 15.2 Å². The molecule has 0 atom stereocenters. The largest absolute Gasteiger partial charge is 0.711 e. The first-order valence-corrected chi connectivity index (χ1v) is 2.74. The maximum absolute atomic E-state index is 10.6. The van der Waals surface area contributed by atoms with Crippen molar-refractivity contribution in [1.82, 2.24) is 15.2 Å². The van der Waals surface area contributed by atoms with Crippen LogP contribution in [0.25, 0.3) is 11.0 Å². The number of rotatable bonds is 0. The molecule has 50 valence electrons. The van der Waals surface area contributed by atoms with E-state index < -0.39 is 0 Å². The second-order valence-corrected chi connectivity index (χ2v) is 1.91. The number of nitrogens with one attached hydrogen (secondary N) is 1. The Bertz CT molecular complexity index is 355. The third-order valence-electron chi connectivity index (χ3n) is 1.21. The van der Waals surface area contributed by atoms with Gasteiger partial charge in [-0.3, -0.25) is 0 Å². The van der Waals surface area contributed by atoms with Crippen LogP contribution in [0.2, 0.25) is 0 Å². The van der Waals surface area contributed by atoms with E-state index in [-0.39, 0.29) is 0 Å². The first-order chi connectivity index (χ1) is 4.86. The molecule has 1 N–H and O–H groups in total. The zero-order chi connectivity index (χ0) is 6.97. The summed E-state index contributed by atoms with van der Waals surface area (Å²) in [7, 11) is 0. The molecule has 0 spiro atoms. The molecule has 2 rings (SSSR count). The van der Waals surface area contributed by atoms with E-state index in [4.69, 9.17) is 0 Å². The Labute approximate surface area is 55.9 Å². The van der Waals surface area contributed by atoms with Crippen LogP contribution in [-0.4, -0.2) is 15.2 Å². The minimum Gasteiger partial charge on any atom is -0.711 e. The summed E-state index contributed by atoms with van der Waals surface area (Å²) >= 11 is 0. The lowest BCUT2D eigenvalue weighted by atomic mass is 10.5. The van der Waals surface area contributed by atoms with Crippen molar-refractivity contribution >= 4 is 11.0 Å². The fourth-order valence-electron chi connectivity index (χ4n) is 0.772. The van der Waals surface area contributed by atoms with Crippen LogP contribution in [0.4, 0.5) is 0 Å². The SMILES string of the molecule is [O-][n+]1cnc2[nH]ncc2c1. The Morgan fingerprint density at radius 3 is 3.40 bits per heavy atom. The Morgan fingerprint density at radius 2 is 2.50 bits per heavy atom. The van der Waals surface area contributed by atoms with Crippen LogP contribution < -0.4 is 4.73 Å². The number of aromatic nitrogens is 4. The second-order valence-electron chi connectivity index (χ2n) is 1.91. The molecule has 0 bridgehead atoms. The topological polar surface area (TPSA) is 68.5 Å². The van der Waals surface area contributed by atoms with Crippen LogP contribution in [0.5, 0.6) is 0 Å². The predicted molar refractivity (Wildman–Crippen MR) is 32.8 cm³/mol. The lowest BCUT2D eigenvalue weighted by Gasteiger charge is -1.94. The van der Waals surface area contributed by atoms with Gasteiger partial charge in [-0.2, -0.15) is 5.10 Å². The van der Waals surface area contributed by atoms with Crippen LogP contribution in [0.1, 0.15) is 0 Å². The van der Waals surface area contributed by atoms with Crippen molar-refractivity contribution in [2.24, 2.45) is 0 Å². The summed E-state index contributed by atoms with van der Waals surface area (Å²) in [6.45, 7) is 0. The van der Waals surface area contributed by atoms with Gasteiger partial charge >= 0.3 is 0 Å². The molecule has 0 aromatic carbocycles. The average Bonchev–Trinajstić information content (AvgIpc) is 2.33. The summed E-state index contributed by atoms with van der Waals surface area (Å²) in [6, 6.07) is 0. The summed E-state index contributed by atoms with van der Waals surface area (Å²) in [4.78, 5) is 3.77. The van der Waals surface area contributed by atoms with Crippen LogP contribution in [0.15, 0.2) is 18.7 Å². The molecule has 0 radical (unpaired) electrons. The zero-order valence-corrected chi connectivity index (χ0v) is 4.98. The highest BCUT2D eigenvalue weighted by molar-refractivity contribution is 5.70. The van der Waals surface area contributed by atoms with E-state index in [1.54, 1.807) is 6.20 Å². The van der Waals surface area contributed by atoms with Gasteiger partial charge in [-0.1, -0.05) is 0 Å². The number of aromatic amines is 1. The molecule has 5 heteroatoms. The highest BCUT2D eigenvalue weighted by Gasteiger charge is 2.00. The minimum absolute atomic E-state index is 0.632. The van der Waals surface area contributed by atoms with Crippen molar-refractivity contribution in [2.75, 3.05) is 0 Å². The summed E-state index contributed by atoms with van der Waals surface area (Å²) in [5.41, 5.74) is 0.632. The third kappa shape index (κ3) is 0.604. The molecule has 0 saturated carbocycles. The van der Waals surface area contributed by atoms with Crippen LogP contribution >= 0.6 is 0 Å². The van der Waals surface area contributed by atoms with E-state index in [1.807, 2.05) is 0 Å². The fraction of sp³-hybridized carbons (Fsp3) is 0. The van der Waals surface area contributed by atoms with Gasteiger partial charge in [0.25, 0.3) is 12.0 Å². The lowest BCUT2D eigenvalue weighted by Crippen LogP contribution is -2.24. The molecule has 2 aromatic heterocycles. The van der Waals surface area contributed by atoms with Gasteiger partial charge in [0.05, 0.1) is 6.20 Å². The van der Waals surface area contributed by atoms with Gasteiger partial charge in [0, 0.05) is 0 Å². The van der Waals surface area contributed by atoms with Crippen molar-refractivity contribution in [3.8, 4) is 0 Å². The van der Waals surface area contributed by atoms with Gasteiger partial charge < -0.3 is 5.21 Å². The molecule has 2 heterocycles. The molecule has 5 nitrogen and oxygen atoms in total. The van der Waals surface area contributed by atoms with Crippen molar-refractivity contribution in [3.63, 3.8) is 0 Å². The number of nitrogens with zero attached hydrogens (tertiary/aromatic N) is 3. The monoisotopic (exact) mass is 136 g/mol. The maximum atomic E-state index is 10.6. The quantitative estimate of drug-likeness (QED) is 0.395. The van der Waals surface area contributed by atoms with Gasteiger partial charge in [0.2, 0.25) is 0 Å². The van der Waals surface area contributed by atoms with Gasteiger partial charge in [-0.05, 0) is 4.98 Å². The van der Waals surface area contributed by atoms with Crippen LogP contribution in [0.3, 0.4) is 0 Å². The first kappa shape index (κ1) is 5.16. The first-order valence-electron chi connectivity index (χ1n) is 2.74. The number of hydrogen-bond acceptors (Lipinski definition) is 3. The standard InChI is InChI=1S/C5H4N4O/c10-9-2-4-1-7-8-5(4)6-3-9/h1-3H,(H,6,7,8). The van der Waals surface area contributed by atoms with E-state index in [0.29, 0.717) is 10.4 Å². The Hall–Kier alpha value is -1.65. The maximum Gasteiger partial charge on any atom is 0.291 e. The molecule has 0 amide bonds. The van der Waals surface area contributed by atoms with Crippen LogP contribution in [0, 0.1) is 5.21 Å². The molecule has 0 fully saturated rings. The van der Waals surface area contributed by atoms with Gasteiger partial charge in [0.15, 0.2) is 0 Å². The number of fused-ring (bicyclic) bond motifs is 1. The Kier molecular flexibility index (Phi) is 0.858. The normalized spacial score (nSPS) is 10.4. The lowest BCUT2D eigenvalue weighted by molar-refractivity contribution is -0.607. The van der Waals surface area contributed by atoms with Gasteiger partial charge in [-0.25, -0.2) is 9.83 Å². The summed E-state index contributed by atoms with van der Waals surface area (Å²) < 4.78 is 0.637. The molecule has 0 aliphatic heterocycles. The van der Waals surface area contributed by atoms with E-state index in [9.17, 15) is 5.21 Å². The van der Waals surface area contributed by atoms with Crippen molar-refractivity contribution in [3.05, 3.63) is 23.9 Å². The second kappa shape index (κ2) is 1.66. The molecular formula is C5H4N4O. The molecule has 10 heavy (non-hydrogen) atoms. The summed E-state index contributed by atoms with van der Waals surface area (Å²) in [6.07, 6.45) is 4.14. The molecule has 2 aromatic rings. The summed E-state index contributed by atoms with van der Waals surface area (Å²) in [5, 5.41) is 17.6. The van der Waals surface area contributed by atoms with E-state index >= 15 is 0 Å². The molecule has 0 aliphatic rings. The highest BCUT2D eigenvalue weighted by Crippen LogP contribution is 2.00. The molecular weight excluding hydrogens is 132 g/mol. The molecule has 0 aliphatic carbocycles. The minimum atomic E-state index is 0.632. The Balaban J connectivity index is 2.86. The Morgan fingerprint density at radius 1 is 1.60 bits per heavy atom. The third-order valence-corrected chi connectivity index (χ3v) is 1.21. The smallest absolute Gasteiger partial charge is 0.291 e.